The standard InChI is InChI=1S/C12H24N2/c1-9-5-6-11(7-9)14-8-10-3-2-4-12(10)13/h9-12,14H,2-8,13H2,1H3. The van der Waals surface area contributed by atoms with Crippen LogP contribution < -0.4 is 11.1 Å². The molecule has 2 aliphatic rings. The van der Waals surface area contributed by atoms with Gasteiger partial charge in [0.1, 0.15) is 0 Å². The molecule has 4 atom stereocenters. The van der Waals surface area contributed by atoms with E-state index < -0.39 is 0 Å². The summed E-state index contributed by atoms with van der Waals surface area (Å²) in [7, 11) is 0. The molecule has 2 nitrogen and oxygen atoms in total. The Morgan fingerprint density at radius 2 is 2.07 bits per heavy atom. The average Bonchev–Trinajstić information content (AvgIpc) is 2.72. The molecule has 0 aromatic heterocycles. The van der Waals surface area contributed by atoms with Crippen molar-refractivity contribution in [3.63, 3.8) is 0 Å². The van der Waals surface area contributed by atoms with E-state index in [1.54, 1.807) is 0 Å². The molecule has 0 radical (unpaired) electrons. The lowest BCUT2D eigenvalue weighted by Crippen LogP contribution is -2.37. The highest BCUT2D eigenvalue weighted by atomic mass is 14.9. The summed E-state index contributed by atoms with van der Waals surface area (Å²) in [5, 5.41) is 3.70. The molecule has 2 saturated carbocycles. The normalized spacial score (nSPS) is 43.3. The average molecular weight is 196 g/mol. The van der Waals surface area contributed by atoms with Gasteiger partial charge in [-0.25, -0.2) is 0 Å². The largest absolute Gasteiger partial charge is 0.327 e. The van der Waals surface area contributed by atoms with Gasteiger partial charge in [0.15, 0.2) is 0 Å². The van der Waals surface area contributed by atoms with Crippen LogP contribution in [0.4, 0.5) is 0 Å². The molecular weight excluding hydrogens is 172 g/mol. The van der Waals surface area contributed by atoms with Crippen LogP contribution in [-0.4, -0.2) is 18.6 Å². The van der Waals surface area contributed by atoms with Crippen LogP contribution in [0.2, 0.25) is 0 Å². The van der Waals surface area contributed by atoms with Crippen molar-refractivity contribution >= 4 is 0 Å². The molecule has 0 saturated heterocycles. The quantitative estimate of drug-likeness (QED) is 0.723. The molecule has 4 unspecified atom stereocenters. The van der Waals surface area contributed by atoms with Crippen LogP contribution >= 0.6 is 0 Å². The van der Waals surface area contributed by atoms with Gasteiger partial charge in [-0.2, -0.15) is 0 Å². The smallest absolute Gasteiger partial charge is 0.00792 e. The molecule has 0 aromatic rings. The van der Waals surface area contributed by atoms with Crippen molar-refractivity contribution in [3.05, 3.63) is 0 Å². The van der Waals surface area contributed by atoms with Gasteiger partial charge in [-0.3, -0.25) is 0 Å². The molecule has 2 fully saturated rings. The highest BCUT2D eigenvalue weighted by Gasteiger charge is 2.26. The maximum Gasteiger partial charge on any atom is 0.00792 e. The first kappa shape index (κ1) is 10.4. The minimum atomic E-state index is 0.473. The third-order valence-corrected chi connectivity index (χ3v) is 4.08. The predicted octanol–water partition coefficient (Wildman–Crippen LogP) is 1.89. The summed E-state index contributed by atoms with van der Waals surface area (Å²) in [4.78, 5) is 0. The molecule has 0 aliphatic heterocycles. The minimum absolute atomic E-state index is 0.473. The van der Waals surface area contributed by atoms with Crippen LogP contribution in [0.1, 0.15) is 45.4 Å². The second kappa shape index (κ2) is 4.63. The van der Waals surface area contributed by atoms with Crippen molar-refractivity contribution in [1.82, 2.24) is 5.32 Å². The molecule has 2 rings (SSSR count). The minimum Gasteiger partial charge on any atom is -0.327 e. The van der Waals surface area contributed by atoms with Crippen LogP contribution in [0.5, 0.6) is 0 Å². The molecule has 14 heavy (non-hydrogen) atoms. The van der Waals surface area contributed by atoms with E-state index in [4.69, 9.17) is 5.73 Å². The molecule has 0 spiro atoms. The van der Waals surface area contributed by atoms with Gasteiger partial charge in [-0.1, -0.05) is 13.3 Å². The van der Waals surface area contributed by atoms with Gasteiger partial charge in [0.2, 0.25) is 0 Å². The highest BCUT2D eigenvalue weighted by molar-refractivity contribution is 4.85. The van der Waals surface area contributed by atoms with Gasteiger partial charge in [-0.05, 0) is 50.5 Å². The van der Waals surface area contributed by atoms with Crippen molar-refractivity contribution in [2.75, 3.05) is 6.54 Å². The van der Waals surface area contributed by atoms with E-state index in [1.165, 1.54) is 45.1 Å². The molecule has 82 valence electrons. The van der Waals surface area contributed by atoms with E-state index in [9.17, 15) is 0 Å². The molecular formula is C12H24N2. The van der Waals surface area contributed by atoms with Gasteiger partial charge in [-0.15, -0.1) is 0 Å². The van der Waals surface area contributed by atoms with Crippen LogP contribution in [-0.2, 0) is 0 Å². The summed E-state index contributed by atoms with van der Waals surface area (Å²) in [6.07, 6.45) is 8.10. The third kappa shape index (κ3) is 2.48. The molecule has 0 aromatic carbocycles. The maximum absolute atomic E-state index is 6.05. The van der Waals surface area contributed by atoms with Crippen molar-refractivity contribution in [1.29, 1.82) is 0 Å². The molecule has 3 N–H and O–H groups in total. The van der Waals surface area contributed by atoms with Crippen LogP contribution in [0, 0.1) is 11.8 Å². The lowest BCUT2D eigenvalue weighted by atomic mass is 10.0. The van der Waals surface area contributed by atoms with Crippen LogP contribution in [0.25, 0.3) is 0 Å². The van der Waals surface area contributed by atoms with E-state index in [0.717, 1.165) is 17.9 Å². The zero-order valence-corrected chi connectivity index (χ0v) is 9.34. The summed E-state index contributed by atoms with van der Waals surface area (Å²) in [5.74, 6) is 1.69. The Morgan fingerprint density at radius 1 is 1.21 bits per heavy atom. The van der Waals surface area contributed by atoms with Crippen LogP contribution in [0.15, 0.2) is 0 Å². The monoisotopic (exact) mass is 196 g/mol. The number of nitrogens with one attached hydrogen (secondary N) is 1. The first-order chi connectivity index (χ1) is 6.75. The van der Waals surface area contributed by atoms with Gasteiger partial charge >= 0.3 is 0 Å². The van der Waals surface area contributed by atoms with Crippen molar-refractivity contribution in [3.8, 4) is 0 Å². The molecule has 0 heterocycles. The lowest BCUT2D eigenvalue weighted by Gasteiger charge is -2.19. The zero-order valence-electron chi connectivity index (χ0n) is 9.34. The Bertz CT molecular complexity index is 181. The van der Waals surface area contributed by atoms with Gasteiger partial charge < -0.3 is 11.1 Å². The van der Waals surface area contributed by atoms with Gasteiger partial charge in [0.25, 0.3) is 0 Å². The van der Waals surface area contributed by atoms with E-state index in [0.29, 0.717) is 6.04 Å². The van der Waals surface area contributed by atoms with E-state index in [2.05, 4.69) is 12.2 Å². The van der Waals surface area contributed by atoms with Crippen molar-refractivity contribution in [2.24, 2.45) is 17.6 Å². The fourth-order valence-electron chi connectivity index (χ4n) is 3.03. The number of hydrogen-bond acceptors (Lipinski definition) is 2. The fraction of sp³-hybridized carbons (Fsp3) is 1.00. The first-order valence-corrected chi connectivity index (χ1v) is 6.24. The first-order valence-electron chi connectivity index (χ1n) is 6.24. The lowest BCUT2D eigenvalue weighted by molar-refractivity contribution is 0.400. The second-order valence-corrected chi connectivity index (χ2v) is 5.38. The van der Waals surface area contributed by atoms with Crippen LogP contribution in [0.3, 0.4) is 0 Å². The topological polar surface area (TPSA) is 38.0 Å². The molecule has 2 heteroatoms. The van der Waals surface area contributed by atoms with Crippen molar-refractivity contribution < 1.29 is 0 Å². The zero-order chi connectivity index (χ0) is 9.97. The van der Waals surface area contributed by atoms with E-state index in [1.807, 2.05) is 0 Å². The molecule has 2 aliphatic carbocycles. The maximum atomic E-state index is 6.05. The Labute approximate surface area is 87.6 Å². The summed E-state index contributed by atoms with van der Waals surface area (Å²) in [6.45, 7) is 3.53. The Morgan fingerprint density at radius 3 is 2.64 bits per heavy atom. The Kier molecular flexibility index (Phi) is 3.45. The van der Waals surface area contributed by atoms with Crippen molar-refractivity contribution in [2.45, 2.75) is 57.5 Å². The summed E-state index contributed by atoms with van der Waals surface area (Å²) in [6, 6.07) is 1.26. The molecule has 0 amide bonds. The van der Waals surface area contributed by atoms with E-state index >= 15 is 0 Å². The summed E-state index contributed by atoms with van der Waals surface area (Å²) < 4.78 is 0. The van der Waals surface area contributed by atoms with Gasteiger partial charge in [0.05, 0.1) is 0 Å². The SMILES string of the molecule is CC1CCC(NCC2CCCC2N)C1. The Hall–Kier alpha value is -0.0800. The summed E-state index contributed by atoms with van der Waals surface area (Å²) >= 11 is 0. The highest BCUT2D eigenvalue weighted by Crippen LogP contribution is 2.27. The summed E-state index contributed by atoms with van der Waals surface area (Å²) in [5.41, 5.74) is 6.05. The Balaban J connectivity index is 1.67. The fourth-order valence-corrected chi connectivity index (χ4v) is 3.03. The number of rotatable bonds is 3. The molecule has 0 bridgehead atoms. The predicted molar refractivity (Wildman–Crippen MR) is 60.1 cm³/mol. The number of hydrogen-bond donors (Lipinski definition) is 2. The third-order valence-electron chi connectivity index (χ3n) is 4.08. The number of nitrogens with two attached hydrogens (primary N) is 1. The second-order valence-electron chi connectivity index (χ2n) is 5.38. The van der Waals surface area contributed by atoms with Gasteiger partial charge in [0, 0.05) is 12.1 Å². The van der Waals surface area contributed by atoms with E-state index in [-0.39, 0.29) is 0 Å².